The summed E-state index contributed by atoms with van der Waals surface area (Å²) in [6.45, 7) is 3.48. The van der Waals surface area contributed by atoms with Crippen LogP contribution in [-0.2, 0) is 15.7 Å². The number of carbonyl (C=O) groups is 2. The number of fused-ring (bicyclic) bond motifs is 1. The van der Waals surface area contributed by atoms with Gasteiger partial charge in [0.1, 0.15) is 11.4 Å². The predicted molar refractivity (Wildman–Crippen MR) is 132 cm³/mol. The number of carbonyl (C=O) groups excluding carboxylic acids is 1. The lowest BCUT2D eigenvalue weighted by Gasteiger charge is -2.39. The zero-order valence-corrected chi connectivity index (χ0v) is 21.1. The number of anilines is 1. The zero-order chi connectivity index (χ0) is 27.2. The van der Waals surface area contributed by atoms with Crippen LogP contribution in [0.5, 0.6) is 0 Å². The third-order valence-corrected chi connectivity index (χ3v) is 7.56. The summed E-state index contributed by atoms with van der Waals surface area (Å²) in [7, 11) is 0. The molecule has 2 aliphatic rings. The number of amides is 1. The van der Waals surface area contributed by atoms with E-state index in [1.165, 1.54) is 0 Å². The molecule has 0 bridgehead atoms. The van der Waals surface area contributed by atoms with Crippen molar-refractivity contribution in [1.82, 2.24) is 19.9 Å². The van der Waals surface area contributed by atoms with Crippen LogP contribution in [-0.4, -0.2) is 63.9 Å². The quantitative estimate of drug-likeness (QED) is 0.479. The van der Waals surface area contributed by atoms with Crippen LogP contribution >= 0.6 is 11.3 Å². The highest BCUT2D eigenvalue weighted by Gasteiger charge is 2.36. The minimum absolute atomic E-state index is 0.0135. The van der Waals surface area contributed by atoms with Crippen molar-refractivity contribution < 1.29 is 32.6 Å². The summed E-state index contributed by atoms with van der Waals surface area (Å²) in [6.07, 6.45) is -0.720. The second kappa shape index (κ2) is 9.98. The fourth-order valence-corrected chi connectivity index (χ4v) is 5.41. The number of aryl methyl sites for hydroxylation is 1. The van der Waals surface area contributed by atoms with Crippen molar-refractivity contribution in [2.24, 2.45) is 5.92 Å². The molecule has 5 heterocycles. The third-order valence-electron chi connectivity index (χ3n) is 6.72. The molecule has 0 aromatic carbocycles. The van der Waals surface area contributed by atoms with Gasteiger partial charge in [0.25, 0.3) is 0 Å². The number of aromatic carboxylic acids is 1. The summed E-state index contributed by atoms with van der Waals surface area (Å²) in [5, 5.41) is 13.1. The van der Waals surface area contributed by atoms with Crippen molar-refractivity contribution in [3.05, 3.63) is 44.7 Å². The van der Waals surface area contributed by atoms with Gasteiger partial charge in [0, 0.05) is 37.8 Å². The molecule has 2 saturated heterocycles. The van der Waals surface area contributed by atoms with E-state index in [0.29, 0.717) is 49.0 Å². The maximum absolute atomic E-state index is 13.2. The van der Waals surface area contributed by atoms with Gasteiger partial charge in [0.15, 0.2) is 16.5 Å². The minimum Gasteiger partial charge on any atom is -0.477 e. The number of nitrogens with zero attached hydrogens (tertiary/aromatic N) is 4. The number of hydrogen-bond acceptors (Lipinski definition) is 8. The molecule has 2 fully saturated rings. The number of hydrogen-bond donors (Lipinski definition) is 2. The minimum atomic E-state index is -4.69. The van der Waals surface area contributed by atoms with E-state index in [-0.39, 0.29) is 34.1 Å². The maximum atomic E-state index is 13.2. The Morgan fingerprint density at radius 1 is 1.26 bits per heavy atom. The predicted octanol–water partition coefficient (Wildman–Crippen LogP) is 2.99. The topological polar surface area (TPSA) is 127 Å². The van der Waals surface area contributed by atoms with Crippen LogP contribution in [0.3, 0.4) is 0 Å². The normalized spacial score (nSPS) is 18.4. The lowest BCUT2D eigenvalue weighted by Crippen LogP contribution is -2.55. The first-order valence-electron chi connectivity index (χ1n) is 12.0. The van der Waals surface area contributed by atoms with Gasteiger partial charge < -0.3 is 20.1 Å². The highest BCUT2D eigenvalue weighted by Crippen LogP contribution is 2.33. The van der Waals surface area contributed by atoms with Crippen LogP contribution in [0.4, 0.5) is 19.0 Å². The van der Waals surface area contributed by atoms with Crippen LogP contribution in [0.1, 0.15) is 40.9 Å². The number of aromatic nitrogens is 3. The third kappa shape index (κ3) is 4.97. The average molecular weight is 552 g/mol. The lowest BCUT2D eigenvalue weighted by atomic mass is 9.98. The molecule has 0 spiro atoms. The first-order valence-corrected chi connectivity index (χ1v) is 12.9. The van der Waals surface area contributed by atoms with Crippen molar-refractivity contribution in [1.29, 1.82) is 0 Å². The molecule has 38 heavy (non-hydrogen) atoms. The second-order valence-corrected chi connectivity index (χ2v) is 10.2. The molecule has 5 rings (SSSR count). The van der Waals surface area contributed by atoms with Gasteiger partial charge in [-0.3, -0.25) is 14.2 Å². The number of rotatable bonds is 6. The summed E-state index contributed by atoms with van der Waals surface area (Å²) >= 11 is 0.652. The number of nitrogens with one attached hydrogen (secondary N) is 1. The van der Waals surface area contributed by atoms with Gasteiger partial charge in [0.2, 0.25) is 11.3 Å². The van der Waals surface area contributed by atoms with Gasteiger partial charge in [-0.05, 0) is 37.8 Å². The summed E-state index contributed by atoms with van der Waals surface area (Å²) < 4.78 is 46.3. The summed E-state index contributed by atoms with van der Waals surface area (Å²) in [6, 6.07) is 1.60. The first kappa shape index (κ1) is 26.1. The Hall–Kier alpha value is -3.52. The smallest absolute Gasteiger partial charge is 0.434 e. The Morgan fingerprint density at radius 2 is 2.03 bits per heavy atom. The van der Waals surface area contributed by atoms with E-state index in [9.17, 15) is 32.7 Å². The van der Waals surface area contributed by atoms with E-state index in [1.807, 2.05) is 4.90 Å². The number of pyridine rings is 2. The summed E-state index contributed by atoms with van der Waals surface area (Å²) in [5.74, 6) is -1.48. The van der Waals surface area contributed by atoms with Gasteiger partial charge in [-0.2, -0.15) is 13.2 Å². The van der Waals surface area contributed by atoms with Crippen LogP contribution in [0, 0.1) is 12.8 Å². The molecular formula is C24H24F3N5O5S. The van der Waals surface area contributed by atoms with E-state index < -0.39 is 28.8 Å². The SMILES string of the molecule is Cc1cc(N2CC(C(=O)NCC3CCCCO3)C2)nc2c1c(=O)c(C(=O)O)cn2-c1nc(C(F)(F)F)cs1. The van der Waals surface area contributed by atoms with Gasteiger partial charge in [-0.15, -0.1) is 11.3 Å². The second-order valence-electron chi connectivity index (χ2n) is 9.39. The van der Waals surface area contributed by atoms with Crippen molar-refractivity contribution in [2.75, 3.05) is 31.1 Å². The molecule has 1 amide bonds. The Labute approximate surface area is 218 Å². The van der Waals surface area contributed by atoms with Crippen molar-refractivity contribution in [2.45, 2.75) is 38.5 Å². The maximum Gasteiger partial charge on any atom is 0.434 e. The fraction of sp³-hybridized carbons (Fsp3) is 0.458. The monoisotopic (exact) mass is 551 g/mol. The highest BCUT2D eigenvalue weighted by molar-refractivity contribution is 7.12. The number of halogens is 3. The molecule has 2 N–H and O–H groups in total. The molecule has 0 aliphatic carbocycles. The van der Waals surface area contributed by atoms with Crippen molar-refractivity contribution >= 4 is 40.1 Å². The van der Waals surface area contributed by atoms with Gasteiger partial charge in [0.05, 0.1) is 17.4 Å². The van der Waals surface area contributed by atoms with Crippen molar-refractivity contribution in [3.8, 4) is 5.13 Å². The summed E-state index contributed by atoms with van der Waals surface area (Å²) in [5.41, 5.74) is -2.15. The average Bonchev–Trinajstić information content (AvgIpc) is 3.33. The molecule has 1 unspecified atom stereocenters. The largest absolute Gasteiger partial charge is 0.477 e. The zero-order valence-electron chi connectivity index (χ0n) is 20.2. The molecule has 1 atom stereocenters. The fourth-order valence-electron chi connectivity index (χ4n) is 4.60. The standard InChI is InChI=1S/C24H24F3N5O5S/c1-12-6-17(31-8-13(9-31)21(34)28-7-14-4-2-3-5-37-14)30-20-18(12)19(33)15(22(35)36)10-32(20)23-29-16(11-38-23)24(25,26)27/h6,10-11,13-14H,2-5,7-9H2,1H3,(H,28,34)(H,35,36). The summed E-state index contributed by atoms with van der Waals surface area (Å²) in [4.78, 5) is 47.2. The van der Waals surface area contributed by atoms with Crippen LogP contribution < -0.4 is 15.6 Å². The number of ether oxygens (including phenoxy) is 1. The molecule has 3 aromatic heterocycles. The van der Waals surface area contributed by atoms with Crippen LogP contribution in [0.2, 0.25) is 0 Å². The Balaban J connectivity index is 1.43. The van der Waals surface area contributed by atoms with E-state index in [1.54, 1.807) is 13.0 Å². The van der Waals surface area contributed by atoms with E-state index in [4.69, 9.17) is 4.74 Å². The number of alkyl halides is 3. The number of thiazole rings is 1. The Kier molecular flexibility index (Phi) is 6.86. The van der Waals surface area contributed by atoms with E-state index >= 15 is 0 Å². The molecule has 2 aliphatic heterocycles. The Morgan fingerprint density at radius 3 is 2.66 bits per heavy atom. The molecular weight excluding hydrogens is 527 g/mol. The molecule has 202 valence electrons. The first-order chi connectivity index (χ1) is 18.0. The number of carboxylic acids is 1. The van der Waals surface area contributed by atoms with E-state index in [0.717, 1.165) is 35.4 Å². The van der Waals surface area contributed by atoms with Gasteiger partial charge >= 0.3 is 12.1 Å². The van der Waals surface area contributed by atoms with Gasteiger partial charge in [-0.1, -0.05) is 0 Å². The number of carboxylic acid groups (broad SMARTS) is 1. The Bertz CT molecular complexity index is 1460. The molecule has 0 radical (unpaired) electrons. The van der Waals surface area contributed by atoms with E-state index in [2.05, 4.69) is 15.3 Å². The van der Waals surface area contributed by atoms with Crippen molar-refractivity contribution in [3.63, 3.8) is 0 Å². The van der Waals surface area contributed by atoms with Crippen LogP contribution in [0.15, 0.2) is 22.4 Å². The molecule has 14 heteroatoms. The molecule has 0 saturated carbocycles. The highest BCUT2D eigenvalue weighted by atomic mass is 32.1. The molecule has 10 nitrogen and oxygen atoms in total. The lowest BCUT2D eigenvalue weighted by molar-refractivity contribution is -0.140. The van der Waals surface area contributed by atoms with Gasteiger partial charge in [-0.25, -0.2) is 14.8 Å². The molecule has 3 aromatic rings. The van der Waals surface area contributed by atoms with Crippen LogP contribution in [0.25, 0.3) is 16.2 Å².